The molecule has 2 saturated heterocycles. The van der Waals surface area contributed by atoms with Crippen molar-refractivity contribution in [3.05, 3.63) is 35.2 Å². The maximum atomic E-state index is 12.8. The van der Waals surface area contributed by atoms with E-state index in [-0.39, 0.29) is 12.0 Å². The van der Waals surface area contributed by atoms with E-state index in [1.165, 1.54) is 24.2 Å². The van der Waals surface area contributed by atoms with E-state index >= 15 is 0 Å². The van der Waals surface area contributed by atoms with Gasteiger partial charge in [-0.3, -0.25) is 4.79 Å². The van der Waals surface area contributed by atoms with Crippen LogP contribution in [0.4, 0.5) is 5.13 Å². The predicted octanol–water partition coefficient (Wildman–Crippen LogP) is 3.32. The van der Waals surface area contributed by atoms with Crippen LogP contribution in [0.3, 0.4) is 0 Å². The normalized spacial score (nSPS) is 20.2. The Morgan fingerprint density at radius 2 is 2.04 bits per heavy atom. The summed E-state index contributed by atoms with van der Waals surface area (Å²) >= 11 is 1.50. The number of aromatic nitrogens is 1. The van der Waals surface area contributed by atoms with Gasteiger partial charge >= 0.3 is 0 Å². The van der Waals surface area contributed by atoms with Gasteiger partial charge in [-0.1, -0.05) is 41.7 Å². The topological polar surface area (TPSA) is 54.5 Å². The molecule has 4 rings (SSSR count). The molecule has 0 aliphatic carbocycles. The van der Waals surface area contributed by atoms with E-state index in [0.29, 0.717) is 11.4 Å². The first-order valence-corrected chi connectivity index (χ1v) is 9.84. The van der Waals surface area contributed by atoms with Crippen LogP contribution in [0.5, 0.6) is 0 Å². The van der Waals surface area contributed by atoms with Crippen molar-refractivity contribution >= 4 is 22.4 Å². The van der Waals surface area contributed by atoms with Crippen LogP contribution in [0.2, 0.25) is 0 Å². The highest BCUT2D eigenvalue weighted by Gasteiger charge is 2.24. The van der Waals surface area contributed by atoms with Gasteiger partial charge in [0.05, 0.1) is 11.8 Å². The van der Waals surface area contributed by atoms with Crippen molar-refractivity contribution in [1.82, 2.24) is 10.3 Å². The van der Waals surface area contributed by atoms with Crippen molar-refractivity contribution < 1.29 is 9.53 Å². The first-order valence-electron chi connectivity index (χ1n) is 9.02. The summed E-state index contributed by atoms with van der Waals surface area (Å²) in [7, 11) is 0. The molecule has 2 aliphatic rings. The maximum Gasteiger partial charge on any atom is 0.263 e. The summed E-state index contributed by atoms with van der Waals surface area (Å²) in [6, 6.07) is 9.98. The van der Waals surface area contributed by atoms with E-state index in [0.717, 1.165) is 48.9 Å². The van der Waals surface area contributed by atoms with Crippen LogP contribution < -0.4 is 10.2 Å². The summed E-state index contributed by atoms with van der Waals surface area (Å²) in [6.07, 6.45) is 4.64. The molecule has 3 heterocycles. The van der Waals surface area contributed by atoms with Crippen molar-refractivity contribution in [2.75, 3.05) is 31.1 Å². The van der Waals surface area contributed by atoms with E-state index in [9.17, 15) is 4.79 Å². The van der Waals surface area contributed by atoms with Crippen molar-refractivity contribution in [3.63, 3.8) is 0 Å². The third kappa shape index (κ3) is 3.70. The highest BCUT2D eigenvalue weighted by Crippen LogP contribution is 2.34. The number of nitrogens with one attached hydrogen (secondary N) is 1. The molecule has 1 aromatic carbocycles. The molecule has 25 heavy (non-hydrogen) atoms. The molecule has 1 amide bonds. The van der Waals surface area contributed by atoms with Crippen LogP contribution in [0.1, 0.15) is 35.4 Å². The molecule has 132 valence electrons. The van der Waals surface area contributed by atoms with Gasteiger partial charge in [0.2, 0.25) is 0 Å². The number of anilines is 1. The van der Waals surface area contributed by atoms with Crippen molar-refractivity contribution in [3.8, 4) is 11.3 Å². The van der Waals surface area contributed by atoms with Gasteiger partial charge < -0.3 is 15.0 Å². The fourth-order valence-corrected chi connectivity index (χ4v) is 4.45. The number of hydrogen-bond acceptors (Lipinski definition) is 5. The Kier molecular flexibility index (Phi) is 4.99. The number of thiazole rings is 1. The third-order valence-electron chi connectivity index (χ3n) is 4.76. The fourth-order valence-electron chi connectivity index (χ4n) is 3.39. The quantitative estimate of drug-likeness (QED) is 0.892. The number of benzene rings is 1. The molecule has 2 aliphatic heterocycles. The zero-order valence-corrected chi connectivity index (χ0v) is 15.1. The van der Waals surface area contributed by atoms with Crippen LogP contribution in [0.25, 0.3) is 11.3 Å². The Bertz CT molecular complexity index is 720. The number of hydrogen-bond donors (Lipinski definition) is 1. The van der Waals surface area contributed by atoms with E-state index in [1.54, 1.807) is 0 Å². The zero-order valence-electron chi connectivity index (χ0n) is 14.2. The summed E-state index contributed by atoms with van der Waals surface area (Å²) in [6.45, 7) is 3.43. The second kappa shape index (κ2) is 7.54. The maximum absolute atomic E-state index is 12.8. The summed E-state index contributed by atoms with van der Waals surface area (Å²) < 4.78 is 5.61. The highest BCUT2D eigenvalue weighted by molar-refractivity contribution is 7.18. The largest absolute Gasteiger partial charge is 0.376 e. The minimum absolute atomic E-state index is 0.0442. The first kappa shape index (κ1) is 16.5. The molecular formula is C19H23N3O2S. The molecule has 2 aromatic rings. The van der Waals surface area contributed by atoms with Crippen LogP contribution in [0, 0.1) is 0 Å². The monoisotopic (exact) mass is 357 g/mol. The molecule has 0 spiro atoms. The Labute approximate surface area is 152 Å². The van der Waals surface area contributed by atoms with Crippen molar-refractivity contribution in [2.24, 2.45) is 0 Å². The standard InChI is InChI=1S/C19H23N3O2S/c23-18(20-13-15-9-6-12-24-15)17-16(14-7-2-1-3-8-14)21-19(25-17)22-10-4-5-11-22/h1-3,7-8,15H,4-6,9-13H2,(H,20,23). The van der Waals surface area contributed by atoms with Crippen LogP contribution in [0.15, 0.2) is 30.3 Å². The average Bonchev–Trinajstić information content (AvgIpc) is 3.41. The van der Waals surface area contributed by atoms with Crippen LogP contribution >= 0.6 is 11.3 Å². The van der Waals surface area contributed by atoms with Crippen LogP contribution in [-0.2, 0) is 4.74 Å². The first-order chi connectivity index (χ1) is 12.3. The second-order valence-corrected chi connectivity index (χ2v) is 7.56. The summed E-state index contributed by atoms with van der Waals surface area (Å²) in [5, 5.41) is 4.00. The molecule has 0 bridgehead atoms. The smallest absolute Gasteiger partial charge is 0.263 e. The van der Waals surface area contributed by atoms with Crippen molar-refractivity contribution in [2.45, 2.75) is 31.8 Å². The Hall–Kier alpha value is -1.92. The summed E-state index contributed by atoms with van der Waals surface area (Å²) in [4.78, 5) is 20.6. The number of rotatable bonds is 5. The van der Waals surface area contributed by atoms with E-state index < -0.39 is 0 Å². The number of carbonyl (C=O) groups is 1. The Morgan fingerprint density at radius 3 is 2.76 bits per heavy atom. The number of amides is 1. The molecule has 1 N–H and O–H groups in total. The van der Waals surface area contributed by atoms with Gasteiger partial charge in [-0.15, -0.1) is 0 Å². The number of nitrogens with zero attached hydrogens (tertiary/aromatic N) is 2. The lowest BCUT2D eigenvalue weighted by molar-refractivity contribution is 0.0861. The number of ether oxygens (including phenoxy) is 1. The van der Waals surface area contributed by atoms with Gasteiger partial charge in [0, 0.05) is 31.8 Å². The number of carbonyl (C=O) groups excluding carboxylic acids is 1. The van der Waals surface area contributed by atoms with Gasteiger partial charge in [0.1, 0.15) is 4.88 Å². The Morgan fingerprint density at radius 1 is 1.24 bits per heavy atom. The minimum Gasteiger partial charge on any atom is -0.376 e. The van der Waals surface area contributed by atoms with E-state index in [2.05, 4.69) is 10.2 Å². The lowest BCUT2D eigenvalue weighted by Gasteiger charge is -2.12. The third-order valence-corrected chi connectivity index (χ3v) is 5.88. The molecule has 0 saturated carbocycles. The van der Waals surface area contributed by atoms with Gasteiger partial charge in [-0.25, -0.2) is 4.98 Å². The fraction of sp³-hybridized carbons (Fsp3) is 0.474. The average molecular weight is 357 g/mol. The molecule has 6 heteroatoms. The molecule has 2 fully saturated rings. The lowest BCUT2D eigenvalue weighted by Crippen LogP contribution is -2.31. The van der Waals surface area contributed by atoms with Crippen molar-refractivity contribution in [1.29, 1.82) is 0 Å². The Balaban J connectivity index is 1.58. The summed E-state index contributed by atoms with van der Waals surface area (Å²) in [5.74, 6) is -0.0442. The van der Waals surface area contributed by atoms with E-state index in [1.807, 2.05) is 30.3 Å². The SMILES string of the molecule is O=C(NCC1CCCO1)c1sc(N2CCCC2)nc1-c1ccccc1. The highest BCUT2D eigenvalue weighted by atomic mass is 32.1. The molecule has 1 unspecified atom stereocenters. The zero-order chi connectivity index (χ0) is 17.1. The van der Waals surface area contributed by atoms with Crippen LogP contribution in [-0.4, -0.2) is 43.2 Å². The second-order valence-electron chi connectivity index (χ2n) is 6.58. The lowest BCUT2D eigenvalue weighted by atomic mass is 10.1. The summed E-state index contributed by atoms with van der Waals surface area (Å²) in [5.41, 5.74) is 1.78. The molecule has 1 atom stereocenters. The molecular weight excluding hydrogens is 334 g/mol. The minimum atomic E-state index is -0.0442. The van der Waals surface area contributed by atoms with Gasteiger partial charge in [-0.05, 0) is 25.7 Å². The van der Waals surface area contributed by atoms with Gasteiger partial charge in [-0.2, -0.15) is 0 Å². The molecule has 0 radical (unpaired) electrons. The predicted molar refractivity (Wildman–Crippen MR) is 100 cm³/mol. The van der Waals surface area contributed by atoms with E-state index in [4.69, 9.17) is 9.72 Å². The van der Waals surface area contributed by atoms with Gasteiger partial charge in [0.25, 0.3) is 5.91 Å². The molecule has 1 aromatic heterocycles. The van der Waals surface area contributed by atoms with Gasteiger partial charge in [0.15, 0.2) is 5.13 Å². The molecule has 5 nitrogen and oxygen atoms in total.